The van der Waals surface area contributed by atoms with Gasteiger partial charge < -0.3 is 15.1 Å². The molecule has 126 valence electrons. The zero-order valence-electron chi connectivity index (χ0n) is 13.4. The Kier molecular flexibility index (Phi) is 6.09. The Labute approximate surface area is 139 Å². The normalized spacial score (nSPS) is 28.4. The maximum atomic E-state index is 12.8. The minimum atomic E-state index is 0. The third-order valence-corrected chi connectivity index (χ3v) is 5.11. The summed E-state index contributed by atoms with van der Waals surface area (Å²) in [5, 5.41) is 3.19. The molecule has 2 aliphatic heterocycles. The predicted octanol–water partition coefficient (Wildman–Crippen LogP) is 1.27. The summed E-state index contributed by atoms with van der Waals surface area (Å²) in [5.41, 5.74) is 0. The van der Waals surface area contributed by atoms with E-state index in [0.717, 1.165) is 58.2 Å². The Morgan fingerprint density at radius 3 is 2.41 bits per heavy atom. The zero-order valence-corrected chi connectivity index (χ0v) is 14.2. The Bertz CT molecular complexity index is 414. The van der Waals surface area contributed by atoms with Crippen molar-refractivity contribution < 1.29 is 9.59 Å². The molecule has 3 aliphatic rings. The number of hydrogen-bond acceptors (Lipinski definition) is 3. The summed E-state index contributed by atoms with van der Waals surface area (Å²) in [6, 6.07) is 0.344. The lowest BCUT2D eigenvalue weighted by atomic mass is 9.95. The third kappa shape index (κ3) is 3.74. The van der Waals surface area contributed by atoms with Crippen LogP contribution in [0.4, 0.5) is 0 Å². The lowest BCUT2D eigenvalue weighted by Crippen LogP contribution is -2.49. The van der Waals surface area contributed by atoms with E-state index in [2.05, 4.69) is 10.2 Å². The molecule has 2 heterocycles. The van der Waals surface area contributed by atoms with Crippen molar-refractivity contribution in [1.82, 2.24) is 15.1 Å². The van der Waals surface area contributed by atoms with Crippen LogP contribution in [0.3, 0.4) is 0 Å². The Morgan fingerprint density at radius 2 is 1.73 bits per heavy atom. The van der Waals surface area contributed by atoms with Crippen LogP contribution in [0.5, 0.6) is 0 Å². The fourth-order valence-electron chi connectivity index (χ4n) is 3.78. The molecule has 1 aliphatic carbocycles. The van der Waals surface area contributed by atoms with Crippen LogP contribution >= 0.6 is 12.4 Å². The monoisotopic (exact) mass is 329 g/mol. The summed E-state index contributed by atoms with van der Waals surface area (Å²) >= 11 is 0. The second-order valence-electron chi connectivity index (χ2n) is 6.78. The molecule has 0 aromatic carbocycles. The molecule has 0 aromatic heterocycles. The standard InChI is InChI=1S/C16H27N3O2.ClH/c1-17-10-14-5-3-9-19(14)16(21)13-4-2-8-18(11-13)15(20)12-6-7-12;/h12-14,17H,2-11H2,1H3;1H. The summed E-state index contributed by atoms with van der Waals surface area (Å²) in [5.74, 6) is 0.864. The van der Waals surface area contributed by atoms with Gasteiger partial charge in [-0.15, -0.1) is 12.4 Å². The van der Waals surface area contributed by atoms with Crippen molar-refractivity contribution in [2.24, 2.45) is 11.8 Å². The van der Waals surface area contributed by atoms with Crippen LogP contribution in [0.15, 0.2) is 0 Å². The van der Waals surface area contributed by atoms with Crippen molar-refractivity contribution in [3.63, 3.8) is 0 Å². The van der Waals surface area contributed by atoms with Gasteiger partial charge in [-0.25, -0.2) is 0 Å². The largest absolute Gasteiger partial charge is 0.342 e. The Morgan fingerprint density at radius 1 is 1.00 bits per heavy atom. The average molecular weight is 330 g/mol. The van der Waals surface area contributed by atoms with E-state index in [-0.39, 0.29) is 30.2 Å². The second kappa shape index (κ2) is 7.64. The molecular formula is C16H28ClN3O2. The minimum Gasteiger partial charge on any atom is -0.342 e. The highest BCUT2D eigenvalue weighted by Gasteiger charge is 2.39. The summed E-state index contributed by atoms with van der Waals surface area (Å²) in [4.78, 5) is 29.0. The molecular weight excluding hydrogens is 302 g/mol. The smallest absolute Gasteiger partial charge is 0.227 e. The fourth-order valence-corrected chi connectivity index (χ4v) is 3.78. The molecule has 22 heavy (non-hydrogen) atoms. The molecule has 0 bridgehead atoms. The van der Waals surface area contributed by atoms with Gasteiger partial charge in [0.25, 0.3) is 0 Å². The van der Waals surface area contributed by atoms with Crippen LogP contribution in [-0.2, 0) is 9.59 Å². The van der Waals surface area contributed by atoms with Crippen molar-refractivity contribution in [3.05, 3.63) is 0 Å². The number of piperidine rings is 1. The van der Waals surface area contributed by atoms with Crippen molar-refractivity contribution in [3.8, 4) is 0 Å². The maximum absolute atomic E-state index is 12.8. The van der Waals surface area contributed by atoms with Crippen LogP contribution in [0, 0.1) is 11.8 Å². The van der Waals surface area contributed by atoms with Crippen LogP contribution in [0.1, 0.15) is 38.5 Å². The van der Waals surface area contributed by atoms with Crippen molar-refractivity contribution in [1.29, 1.82) is 0 Å². The van der Waals surface area contributed by atoms with Gasteiger partial charge in [-0.3, -0.25) is 9.59 Å². The molecule has 2 amide bonds. The topological polar surface area (TPSA) is 52.7 Å². The molecule has 2 saturated heterocycles. The highest BCUT2D eigenvalue weighted by atomic mass is 35.5. The van der Waals surface area contributed by atoms with Crippen LogP contribution < -0.4 is 5.32 Å². The van der Waals surface area contributed by atoms with Gasteiger partial charge >= 0.3 is 0 Å². The van der Waals surface area contributed by atoms with Gasteiger partial charge in [0, 0.05) is 38.1 Å². The van der Waals surface area contributed by atoms with Crippen LogP contribution in [-0.4, -0.2) is 60.9 Å². The molecule has 0 radical (unpaired) electrons. The number of carbonyl (C=O) groups excluding carboxylic acids is 2. The van der Waals surface area contributed by atoms with E-state index >= 15 is 0 Å². The summed E-state index contributed by atoms with van der Waals surface area (Å²) in [6.07, 6.45) is 6.21. The number of amides is 2. The number of nitrogens with zero attached hydrogens (tertiary/aromatic N) is 2. The van der Waals surface area contributed by atoms with Gasteiger partial charge in [0.2, 0.25) is 11.8 Å². The molecule has 2 atom stereocenters. The highest BCUT2D eigenvalue weighted by Crippen LogP contribution is 2.33. The Balaban J connectivity index is 0.00000176. The molecule has 1 N–H and O–H groups in total. The molecule has 1 saturated carbocycles. The molecule has 3 fully saturated rings. The third-order valence-electron chi connectivity index (χ3n) is 5.11. The number of halogens is 1. The predicted molar refractivity (Wildman–Crippen MR) is 87.9 cm³/mol. The van der Waals surface area contributed by atoms with E-state index < -0.39 is 0 Å². The first kappa shape index (κ1) is 17.5. The van der Waals surface area contributed by atoms with Crippen LogP contribution in [0.2, 0.25) is 0 Å². The van der Waals surface area contributed by atoms with Gasteiger partial charge in [-0.1, -0.05) is 0 Å². The van der Waals surface area contributed by atoms with Gasteiger partial charge in [-0.2, -0.15) is 0 Å². The quantitative estimate of drug-likeness (QED) is 0.845. The molecule has 0 spiro atoms. The lowest BCUT2D eigenvalue weighted by Gasteiger charge is -2.35. The Hall–Kier alpha value is -0.810. The molecule has 0 aromatic rings. The average Bonchev–Trinajstić information content (AvgIpc) is 3.26. The van der Waals surface area contributed by atoms with Crippen molar-refractivity contribution in [2.75, 3.05) is 33.2 Å². The molecule has 6 heteroatoms. The maximum Gasteiger partial charge on any atom is 0.227 e. The first-order chi connectivity index (χ1) is 10.2. The SMILES string of the molecule is CNCC1CCCN1C(=O)C1CCCN(C(=O)C2CC2)C1.Cl. The molecule has 5 nitrogen and oxygen atoms in total. The van der Waals surface area contributed by atoms with E-state index in [1.807, 2.05) is 11.9 Å². The number of likely N-dealkylation sites (tertiary alicyclic amines) is 2. The summed E-state index contributed by atoms with van der Waals surface area (Å²) < 4.78 is 0. The van der Waals surface area contributed by atoms with Gasteiger partial charge in [0.15, 0.2) is 0 Å². The summed E-state index contributed by atoms with van der Waals surface area (Å²) in [6.45, 7) is 3.26. The highest BCUT2D eigenvalue weighted by molar-refractivity contribution is 5.85. The van der Waals surface area contributed by atoms with E-state index in [4.69, 9.17) is 0 Å². The molecule has 2 unspecified atom stereocenters. The second-order valence-corrected chi connectivity index (χ2v) is 6.78. The number of carbonyl (C=O) groups is 2. The lowest BCUT2D eigenvalue weighted by molar-refractivity contribution is -0.142. The van der Waals surface area contributed by atoms with Gasteiger partial charge in [0.05, 0.1) is 5.92 Å². The number of hydrogen-bond donors (Lipinski definition) is 1. The first-order valence-electron chi connectivity index (χ1n) is 8.44. The summed E-state index contributed by atoms with van der Waals surface area (Å²) in [7, 11) is 1.94. The van der Waals surface area contributed by atoms with E-state index in [1.54, 1.807) is 0 Å². The first-order valence-corrected chi connectivity index (χ1v) is 8.44. The zero-order chi connectivity index (χ0) is 14.8. The van der Waals surface area contributed by atoms with Crippen LogP contribution in [0.25, 0.3) is 0 Å². The van der Waals surface area contributed by atoms with Gasteiger partial charge in [-0.05, 0) is 45.6 Å². The minimum absolute atomic E-state index is 0. The number of likely N-dealkylation sites (N-methyl/N-ethyl adjacent to an activating group) is 1. The van der Waals surface area contributed by atoms with Gasteiger partial charge in [0.1, 0.15) is 0 Å². The fraction of sp³-hybridized carbons (Fsp3) is 0.875. The molecule has 3 rings (SSSR count). The van der Waals surface area contributed by atoms with E-state index in [1.165, 1.54) is 0 Å². The van der Waals surface area contributed by atoms with Crippen molar-refractivity contribution >= 4 is 24.2 Å². The van der Waals surface area contributed by atoms with Crippen molar-refractivity contribution in [2.45, 2.75) is 44.6 Å². The number of nitrogens with one attached hydrogen (secondary N) is 1. The van der Waals surface area contributed by atoms with E-state index in [9.17, 15) is 9.59 Å². The van der Waals surface area contributed by atoms with E-state index in [0.29, 0.717) is 18.5 Å². The number of rotatable bonds is 4.